The fourth-order valence-corrected chi connectivity index (χ4v) is 2.97. The quantitative estimate of drug-likeness (QED) is 0.884. The molecule has 0 radical (unpaired) electrons. The zero-order chi connectivity index (χ0) is 14.7. The second-order valence-corrected chi connectivity index (χ2v) is 5.60. The highest BCUT2D eigenvalue weighted by molar-refractivity contribution is 5.91. The number of nitrogens with zero attached hydrogens (tertiary/aromatic N) is 2. The van der Waals surface area contributed by atoms with Crippen molar-refractivity contribution in [3.05, 3.63) is 24.2 Å². The van der Waals surface area contributed by atoms with Crippen LogP contribution in [-0.2, 0) is 4.79 Å². The fraction of sp³-hybridized carbons (Fsp3) is 0.600. The summed E-state index contributed by atoms with van der Waals surface area (Å²) >= 11 is 0. The van der Waals surface area contributed by atoms with E-state index in [1.54, 1.807) is 17.0 Å². The van der Waals surface area contributed by atoms with Crippen molar-refractivity contribution >= 4 is 24.2 Å². The van der Waals surface area contributed by atoms with Gasteiger partial charge in [0.05, 0.1) is 12.3 Å². The maximum absolute atomic E-state index is 12.4. The summed E-state index contributed by atoms with van der Waals surface area (Å²) in [6, 6.07) is 3.35. The second kappa shape index (κ2) is 7.65. The molecule has 2 aliphatic rings. The maximum Gasteiger partial charge on any atom is 0.289 e. The molecule has 3 heterocycles. The molecule has 2 amide bonds. The minimum Gasteiger partial charge on any atom is -0.459 e. The predicted octanol–water partition coefficient (Wildman–Crippen LogP) is 1.13. The minimum absolute atomic E-state index is 0. The highest BCUT2D eigenvalue weighted by atomic mass is 35.5. The van der Waals surface area contributed by atoms with Gasteiger partial charge in [-0.2, -0.15) is 0 Å². The smallest absolute Gasteiger partial charge is 0.289 e. The Balaban J connectivity index is 0.00000176. The molecule has 0 saturated carbocycles. The summed E-state index contributed by atoms with van der Waals surface area (Å²) in [5.74, 6) is 0.450. The third kappa shape index (κ3) is 3.62. The van der Waals surface area contributed by atoms with Crippen LogP contribution in [0.2, 0.25) is 0 Å². The van der Waals surface area contributed by atoms with Crippen LogP contribution in [0.5, 0.6) is 0 Å². The Labute approximate surface area is 136 Å². The molecule has 1 aromatic rings. The monoisotopic (exact) mass is 327 g/mol. The van der Waals surface area contributed by atoms with Crippen LogP contribution in [0.1, 0.15) is 29.8 Å². The van der Waals surface area contributed by atoms with E-state index in [1.807, 2.05) is 4.90 Å². The molecule has 1 N–H and O–H groups in total. The van der Waals surface area contributed by atoms with Gasteiger partial charge in [-0.3, -0.25) is 9.59 Å². The summed E-state index contributed by atoms with van der Waals surface area (Å²) < 4.78 is 5.14. The van der Waals surface area contributed by atoms with E-state index in [0.717, 1.165) is 25.8 Å². The van der Waals surface area contributed by atoms with Crippen LogP contribution in [0.25, 0.3) is 0 Å². The summed E-state index contributed by atoms with van der Waals surface area (Å²) in [4.78, 5) is 28.2. The van der Waals surface area contributed by atoms with E-state index in [-0.39, 0.29) is 30.3 Å². The first-order valence-corrected chi connectivity index (χ1v) is 7.60. The molecule has 3 rings (SSSR count). The van der Waals surface area contributed by atoms with Crippen LogP contribution < -0.4 is 5.32 Å². The third-order valence-electron chi connectivity index (χ3n) is 4.22. The van der Waals surface area contributed by atoms with Gasteiger partial charge in [-0.1, -0.05) is 6.42 Å². The number of furan rings is 1. The standard InChI is InChI=1S/C15H21N3O3.ClH/c19-14(12-4-1-2-6-16-12)17-7-9-18(10-8-17)15(20)13-5-3-11-21-13;/h3,5,11-12,16H,1-2,4,6-10H2;1H. The van der Waals surface area contributed by atoms with Crippen LogP contribution in [0.3, 0.4) is 0 Å². The van der Waals surface area contributed by atoms with Gasteiger partial charge in [-0.15, -0.1) is 12.4 Å². The normalized spacial score (nSPS) is 22.1. The number of carbonyl (C=O) groups excluding carboxylic acids is 2. The zero-order valence-electron chi connectivity index (χ0n) is 12.5. The molecule has 122 valence electrons. The van der Waals surface area contributed by atoms with Crippen molar-refractivity contribution in [1.29, 1.82) is 0 Å². The molecule has 1 unspecified atom stereocenters. The van der Waals surface area contributed by atoms with Crippen molar-refractivity contribution in [2.24, 2.45) is 0 Å². The average Bonchev–Trinajstić information content (AvgIpc) is 3.09. The Morgan fingerprint density at radius 1 is 1.14 bits per heavy atom. The fourth-order valence-electron chi connectivity index (χ4n) is 2.97. The Bertz CT molecular complexity index is 492. The van der Waals surface area contributed by atoms with Crippen molar-refractivity contribution in [3.63, 3.8) is 0 Å². The molecule has 1 aromatic heterocycles. The molecule has 0 spiro atoms. The molecular weight excluding hydrogens is 306 g/mol. The van der Waals surface area contributed by atoms with E-state index in [9.17, 15) is 9.59 Å². The molecule has 7 heteroatoms. The van der Waals surface area contributed by atoms with Gasteiger partial charge in [0.2, 0.25) is 5.91 Å². The van der Waals surface area contributed by atoms with Gasteiger partial charge in [0.25, 0.3) is 5.91 Å². The van der Waals surface area contributed by atoms with Gasteiger partial charge in [0.15, 0.2) is 5.76 Å². The number of rotatable bonds is 2. The van der Waals surface area contributed by atoms with Crippen molar-refractivity contribution in [2.75, 3.05) is 32.7 Å². The van der Waals surface area contributed by atoms with E-state index in [4.69, 9.17) is 4.42 Å². The Morgan fingerprint density at radius 3 is 2.45 bits per heavy atom. The molecule has 0 aliphatic carbocycles. The summed E-state index contributed by atoms with van der Waals surface area (Å²) in [6.07, 6.45) is 4.68. The Morgan fingerprint density at radius 2 is 1.86 bits per heavy atom. The summed E-state index contributed by atoms with van der Waals surface area (Å²) in [6.45, 7) is 3.26. The number of amides is 2. The number of piperazine rings is 1. The van der Waals surface area contributed by atoms with Crippen molar-refractivity contribution in [3.8, 4) is 0 Å². The molecular formula is C15H22ClN3O3. The van der Waals surface area contributed by atoms with E-state index < -0.39 is 0 Å². The number of nitrogens with one attached hydrogen (secondary N) is 1. The molecule has 0 bridgehead atoms. The number of piperidine rings is 1. The van der Waals surface area contributed by atoms with E-state index in [2.05, 4.69) is 5.32 Å². The van der Waals surface area contributed by atoms with E-state index in [0.29, 0.717) is 31.9 Å². The van der Waals surface area contributed by atoms with Crippen LogP contribution in [0.15, 0.2) is 22.8 Å². The lowest BCUT2D eigenvalue weighted by atomic mass is 10.0. The van der Waals surface area contributed by atoms with Gasteiger partial charge in [0.1, 0.15) is 0 Å². The molecule has 1 atom stereocenters. The van der Waals surface area contributed by atoms with Gasteiger partial charge in [-0.05, 0) is 31.5 Å². The summed E-state index contributed by atoms with van der Waals surface area (Å²) in [7, 11) is 0. The summed E-state index contributed by atoms with van der Waals surface area (Å²) in [5.41, 5.74) is 0. The van der Waals surface area contributed by atoms with Crippen molar-refractivity contribution in [1.82, 2.24) is 15.1 Å². The molecule has 0 aromatic carbocycles. The number of carbonyl (C=O) groups is 2. The van der Waals surface area contributed by atoms with Gasteiger partial charge < -0.3 is 19.5 Å². The first-order valence-electron chi connectivity index (χ1n) is 7.60. The maximum atomic E-state index is 12.4. The van der Waals surface area contributed by atoms with Gasteiger partial charge in [0, 0.05) is 26.2 Å². The lowest BCUT2D eigenvalue weighted by Crippen LogP contribution is -2.55. The lowest BCUT2D eigenvalue weighted by molar-refractivity contribution is -0.135. The van der Waals surface area contributed by atoms with Gasteiger partial charge in [-0.25, -0.2) is 0 Å². The Hall–Kier alpha value is -1.53. The molecule has 2 saturated heterocycles. The molecule has 2 aliphatic heterocycles. The zero-order valence-corrected chi connectivity index (χ0v) is 13.3. The van der Waals surface area contributed by atoms with E-state index in [1.165, 1.54) is 6.26 Å². The first-order chi connectivity index (χ1) is 10.3. The predicted molar refractivity (Wildman–Crippen MR) is 84.1 cm³/mol. The van der Waals surface area contributed by atoms with Gasteiger partial charge >= 0.3 is 0 Å². The van der Waals surface area contributed by atoms with Crippen LogP contribution in [0, 0.1) is 0 Å². The molecule has 6 nitrogen and oxygen atoms in total. The SMILES string of the molecule is Cl.O=C(c1ccco1)N1CCN(C(=O)C2CCCCN2)CC1. The van der Waals surface area contributed by atoms with Crippen LogP contribution in [-0.4, -0.2) is 60.4 Å². The van der Waals surface area contributed by atoms with Crippen molar-refractivity contribution < 1.29 is 14.0 Å². The van der Waals surface area contributed by atoms with Crippen molar-refractivity contribution in [2.45, 2.75) is 25.3 Å². The average molecular weight is 328 g/mol. The Kier molecular flexibility index (Phi) is 5.85. The first kappa shape index (κ1) is 16.8. The summed E-state index contributed by atoms with van der Waals surface area (Å²) in [5, 5.41) is 3.29. The lowest BCUT2D eigenvalue weighted by Gasteiger charge is -2.37. The highest BCUT2D eigenvalue weighted by Crippen LogP contribution is 2.13. The molecule has 22 heavy (non-hydrogen) atoms. The topological polar surface area (TPSA) is 65.8 Å². The number of halogens is 1. The highest BCUT2D eigenvalue weighted by Gasteiger charge is 2.30. The number of hydrogen-bond acceptors (Lipinski definition) is 4. The van der Waals surface area contributed by atoms with Crippen LogP contribution >= 0.6 is 12.4 Å². The van der Waals surface area contributed by atoms with Crippen LogP contribution in [0.4, 0.5) is 0 Å². The number of hydrogen-bond donors (Lipinski definition) is 1. The second-order valence-electron chi connectivity index (χ2n) is 5.60. The molecule has 2 fully saturated rings. The third-order valence-corrected chi connectivity index (χ3v) is 4.22. The largest absolute Gasteiger partial charge is 0.459 e. The van der Waals surface area contributed by atoms with E-state index >= 15 is 0 Å². The minimum atomic E-state index is -0.0945.